The second-order valence-electron chi connectivity index (χ2n) is 7.20. The summed E-state index contributed by atoms with van der Waals surface area (Å²) in [5.41, 5.74) is 2.07. The van der Waals surface area contributed by atoms with Gasteiger partial charge in [0.2, 0.25) is 15.9 Å². The summed E-state index contributed by atoms with van der Waals surface area (Å²) in [4.78, 5) is 0.356. The standard InChI is InChI=1S/C21H23N3O3S/c1-15-7-8-19(13-16(15)2)28(25,26)24-11-9-18(10-12-24)27-21-20-6-4-3-5-17(20)14-22-23-21/h3-8,13-14,18H,9-12H2,1-2H3. The van der Waals surface area contributed by atoms with Crippen LogP contribution < -0.4 is 4.74 Å². The molecule has 0 spiro atoms. The van der Waals surface area contributed by atoms with Crippen molar-refractivity contribution in [1.82, 2.24) is 14.5 Å². The van der Waals surface area contributed by atoms with Crippen molar-refractivity contribution in [2.45, 2.75) is 37.7 Å². The molecule has 1 aliphatic rings. The first-order valence-corrected chi connectivity index (χ1v) is 10.8. The Balaban J connectivity index is 1.46. The van der Waals surface area contributed by atoms with Crippen LogP contribution in [0.25, 0.3) is 10.8 Å². The molecule has 2 heterocycles. The quantitative estimate of drug-likeness (QED) is 0.674. The van der Waals surface area contributed by atoms with Crippen LogP contribution in [0.15, 0.2) is 53.6 Å². The van der Waals surface area contributed by atoms with Crippen molar-refractivity contribution in [3.8, 4) is 5.88 Å². The Kier molecular flexibility index (Phi) is 5.03. The van der Waals surface area contributed by atoms with Crippen LogP contribution in [0.5, 0.6) is 5.88 Å². The zero-order valence-electron chi connectivity index (χ0n) is 16.0. The van der Waals surface area contributed by atoms with Gasteiger partial charge in [0, 0.05) is 23.9 Å². The van der Waals surface area contributed by atoms with Gasteiger partial charge in [-0.2, -0.15) is 9.40 Å². The Morgan fingerprint density at radius 3 is 2.54 bits per heavy atom. The summed E-state index contributed by atoms with van der Waals surface area (Å²) in [7, 11) is -3.48. The molecule has 0 saturated carbocycles. The largest absolute Gasteiger partial charge is 0.473 e. The fourth-order valence-corrected chi connectivity index (χ4v) is 5.02. The van der Waals surface area contributed by atoms with Gasteiger partial charge in [-0.3, -0.25) is 0 Å². The normalized spacial score (nSPS) is 16.4. The number of fused-ring (bicyclic) bond motifs is 1. The second kappa shape index (κ2) is 7.48. The van der Waals surface area contributed by atoms with Crippen LogP contribution in [0.4, 0.5) is 0 Å². The Bertz CT molecular complexity index is 1100. The lowest BCUT2D eigenvalue weighted by Gasteiger charge is -2.31. The van der Waals surface area contributed by atoms with Crippen molar-refractivity contribution in [3.63, 3.8) is 0 Å². The van der Waals surface area contributed by atoms with Gasteiger partial charge in [-0.15, -0.1) is 5.10 Å². The monoisotopic (exact) mass is 397 g/mol. The maximum Gasteiger partial charge on any atom is 0.243 e. The number of aromatic nitrogens is 2. The number of hydrogen-bond acceptors (Lipinski definition) is 5. The SMILES string of the molecule is Cc1ccc(S(=O)(=O)N2CCC(Oc3nncc4ccccc34)CC2)cc1C. The zero-order chi connectivity index (χ0) is 19.7. The minimum atomic E-state index is -3.48. The first-order chi connectivity index (χ1) is 13.4. The molecule has 1 saturated heterocycles. The molecule has 0 unspecified atom stereocenters. The minimum Gasteiger partial charge on any atom is -0.473 e. The number of nitrogens with zero attached hydrogens (tertiary/aromatic N) is 3. The highest BCUT2D eigenvalue weighted by atomic mass is 32.2. The van der Waals surface area contributed by atoms with E-state index in [1.807, 2.05) is 44.2 Å². The molecule has 2 aromatic carbocycles. The Morgan fingerprint density at radius 1 is 1.04 bits per heavy atom. The van der Waals surface area contributed by atoms with E-state index >= 15 is 0 Å². The van der Waals surface area contributed by atoms with Crippen LogP contribution in [0.2, 0.25) is 0 Å². The summed E-state index contributed by atoms with van der Waals surface area (Å²) in [5, 5.41) is 10.0. The van der Waals surface area contributed by atoms with E-state index < -0.39 is 10.0 Å². The average molecular weight is 398 g/mol. The topological polar surface area (TPSA) is 72.4 Å². The number of benzene rings is 2. The summed E-state index contributed by atoms with van der Waals surface area (Å²) >= 11 is 0. The van der Waals surface area contributed by atoms with E-state index in [-0.39, 0.29) is 6.10 Å². The molecule has 0 bridgehead atoms. The first kappa shape index (κ1) is 18.8. The van der Waals surface area contributed by atoms with E-state index in [0.717, 1.165) is 21.9 Å². The summed E-state index contributed by atoms with van der Waals surface area (Å²) in [6.07, 6.45) is 2.87. The molecule has 0 N–H and O–H groups in total. The van der Waals surface area contributed by atoms with E-state index in [1.54, 1.807) is 22.6 Å². The van der Waals surface area contributed by atoms with Crippen LogP contribution in [0.1, 0.15) is 24.0 Å². The Hall–Kier alpha value is -2.51. The van der Waals surface area contributed by atoms with E-state index in [1.165, 1.54) is 0 Å². The van der Waals surface area contributed by atoms with Gasteiger partial charge >= 0.3 is 0 Å². The summed E-state index contributed by atoms with van der Waals surface area (Å²) in [6, 6.07) is 13.1. The number of sulfonamides is 1. The molecule has 28 heavy (non-hydrogen) atoms. The van der Waals surface area contributed by atoms with Gasteiger partial charge in [0.25, 0.3) is 0 Å². The fraction of sp³-hybridized carbons (Fsp3) is 0.333. The van der Waals surface area contributed by atoms with Crippen molar-refractivity contribution in [2.24, 2.45) is 0 Å². The smallest absolute Gasteiger partial charge is 0.243 e. The second-order valence-corrected chi connectivity index (χ2v) is 9.14. The molecule has 0 amide bonds. The third kappa shape index (κ3) is 3.59. The zero-order valence-corrected chi connectivity index (χ0v) is 16.8. The first-order valence-electron chi connectivity index (χ1n) is 9.39. The van der Waals surface area contributed by atoms with Gasteiger partial charge in [-0.25, -0.2) is 8.42 Å². The lowest BCUT2D eigenvalue weighted by molar-refractivity contribution is 0.130. The van der Waals surface area contributed by atoms with Crippen LogP contribution >= 0.6 is 0 Å². The molecule has 1 aliphatic heterocycles. The minimum absolute atomic E-state index is 0.0775. The highest BCUT2D eigenvalue weighted by Crippen LogP contribution is 2.27. The van der Waals surface area contributed by atoms with Crippen LogP contribution in [-0.4, -0.2) is 42.1 Å². The van der Waals surface area contributed by atoms with Crippen molar-refractivity contribution in [2.75, 3.05) is 13.1 Å². The molecule has 0 aliphatic carbocycles. The molecule has 4 rings (SSSR count). The van der Waals surface area contributed by atoms with Gasteiger partial charge in [0.1, 0.15) is 6.10 Å². The van der Waals surface area contributed by atoms with Crippen molar-refractivity contribution < 1.29 is 13.2 Å². The number of rotatable bonds is 4. The molecule has 0 radical (unpaired) electrons. The van der Waals surface area contributed by atoms with E-state index in [4.69, 9.17) is 4.74 Å². The number of aryl methyl sites for hydroxylation is 2. The maximum absolute atomic E-state index is 13.0. The van der Waals surface area contributed by atoms with Crippen LogP contribution in [-0.2, 0) is 10.0 Å². The number of ether oxygens (including phenoxy) is 1. The molecule has 1 fully saturated rings. The van der Waals surface area contributed by atoms with Gasteiger partial charge in [-0.1, -0.05) is 24.3 Å². The molecular formula is C21H23N3O3S. The molecule has 7 heteroatoms. The predicted octanol–water partition coefficient (Wildman–Crippen LogP) is 3.48. The van der Waals surface area contributed by atoms with E-state index in [9.17, 15) is 8.42 Å². The lowest BCUT2D eigenvalue weighted by Crippen LogP contribution is -2.41. The van der Waals surface area contributed by atoms with Crippen molar-refractivity contribution in [3.05, 3.63) is 59.8 Å². The molecular weight excluding hydrogens is 374 g/mol. The van der Waals surface area contributed by atoms with Crippen molar-refractivity contribution >= 4 is 20.8 Å². The third-order valence-corrected chi connectivity index (χ3v) is 7.23. The fourth-order valence-electron chi connectivity index (χ4n) is 3.46. The van der Waals surface area contributed by atoms with Gasteiger partial charge in [-0.05, 0) is 56.0 Å². The molecule has 0 atom stereocenters. The average Bonchev–Trinajstić information content (AvgIpc) is 2.71. The lowest BCUT2D eigenvalue weighted by atomic mass is 10.1. The molecule has 146 valence electrons. The van der Waals surface area contributed by atoms with Crippen molar-refractivity contribution in [1.29, 1.82) is 0 Å². The predicted molar refractivity (Wildman–Crippen MR) is 108 cm³/mol. The summed E-state index contributed by atoms with van der Waals surface area (Å²) in [6.45, 7) is 4.76. The number of hydrogen-bond donors (Lipinski definition) is 0. The maximum atomic E-state index is 13.0. The van der Waals surface area contributed by atoms with E-state index in [0.29, 0.717) is 36.7 Å². The summed E-state index contributed by atoms with van der Waals surface area (Å²) < 4.78 is 33.5. The molecule has 3 aromatic rings. The van der Waals surface area contributed by atoms with E-state index in [2.05, 4.69) is 10.2 Å². The van der Waals surface area contributed by atoms with Gasteiger partial charge < -0.3 is 4.74 Å². The highest BCUT2D eigenvalue weighted by molar-refractivity contribution is 7.89. The van der Waals surface area contributed by atoms with Crippen LogP contribution in [0.3, 0.4) is 0 Å². The van der Waals surface area contributed by atoms with Gasteiger partial charge in [0.15, 0.2) is 0 Å². The highest BCUT2D eigenvalue weighted by Gasteiger charge is 2.30. The summed E-state index contributed by atoms with van der Waals surface area (Å²) in [5.74, 6) is 0.508. The Morgan fingerprint density at radius 2 is 1.79 bits per heavy atom. The Labute approximate surface area is 165 Å². The molecule has 6 nitrogen and oxygen atoms in total. The number of piperidine rings is 1. The molecule has 1 aromatic heterocycles. The van der Waals surface area contributed by atoms with Gasteiger partial charge in [0.05, 0.1) is 11.1 Å². The van der Waals surface area contributed by atoms with Crippen LogP contribution in [0, 0.1) is 13.8 Å². The third-order valence-electron chi connectivity index (χ3n) is 5.33.